The van der Waals surface area contributed by atoms with Gasteiger partial charge in [-0.05, 0) is 37.5 Å². The minimum Gasteiger partial charge on any atom is -0.348 e. The number of hydrogen-bond donors (Lipinski definition) is 1. The van der Waals surface area contributed by atoms with E-state index in [2.05, 4.69) is 21.8 Å². The second kappa shape index (κ2) is 8.84. The first-order chi connectivity index (χ1) is 15.0. The highest BCUT2D eigenvalue weighted by atomic mass is 32.1. The third kappa shape index (κ3) is 4.29. The zero-order chi connectivity index (χ0) is 22.0. The number of carbonyl (C=O) groups is 1. The van der Waals surface area contributed by atoms with Gasteiger partial charge in [-0.1, -0.05) is 23.5 Å². The standard InChI is InChI=1S/C21H22FN5O3S/c1-2-9-26-19(29)17-18(24-20(31-17)25-10-4-3-5-11-25)27(21(26)30)13-16(28)23-15-8-6-7-14(22)12-15/h2,6-8,12H,1,3-5,9-11,13H2,(H,23,28). The van der Waals surface area contributed by atoms with Crippen LogP contribution in [0.5, 0.6) is 0 Å². The van der Waals surface area contributed by atoms with Gasteiger partial charge in [0.25, 0.3) is 5.56 Å². The van der Waals surface area contributed by atoms with Gasteiger partial charge >= 0.3 is 5.69 Å². The quantitative estimate of drug-likeness (QED) is 0.592. The van der Waals surface area contributed by atoms with Gasteiger partial charge in [0.2, 0.25) is 5.91 Å². The second-order valence-corrected chi connectivity index (χ2v) is 8.31. The number of anilines is 2. The summed E-state index contributed by atoms with van der Waals surface area (Å²) in [6.07, 6.45) is 4.69. The lowest BCUT2D eigenvalue weighted by molar-refractivity contribution is -0.116. The number of benzene rings is 1. The lowest BCUT2D eigenvalue weighted by Gasteiger charge is -2.25. The van der Waals surface area contributed by atoms with Crippen LogP contribution in [0.4, 0.5) is 15.2 Å². The molecule has 1 fully saturated rings. The molecule has 0 unspecified atom stereocenters. The number of thiazole rings is 1. The molecule has 0 saturated carbocycles. The first kappa shape index (κ1) is 21.0. The minimum atomic E-state index is -0.637. The number of fused-ring (bicyclic) bond motifs is 1. The lowest BCUT2D eigenvalue weighted by atomic mass is 10.1. The van der Waals surface area contributed by atoms with Crippen molar-refractivity contribution in [3.8, 4) is 0 Å². The van der Waals surface area contributed by atoms with Crippen LogP contribution in [-0.2, 0) is 17.9 Å². The molecule has 1 aromatic carbocycles. The number of nitrogens with one attached hydrogen (secondary N) is 1. The predicted octanol–water partition coefficient (Wildman–Crippen LogP) is 2.57. The molecule has 4 rings (SSSR count). The maximum atomic E-state index is 13.4. The number of hydrogen-bond acceptors (Lipinski definition) is 6. The fourth-order valence-electron chi connectivity index (χ4n) is 3.63. The third-order valence-electron chi connectivity index (χ3n) is 5.10. The van der Waals surface area contributed by atoms with E-state index in [0.717, 1.165) is 36.9 Å². The van der Waals surface area contributed by atoms with Crippen molar-refractivity contribution in [3.63, 3.8) is 0 Å². The number of aromatic nitrogens is 3. The summed E-state index contributed by atoms with van der Waals surface area (Å²) < 4.78 is 16.0. The number of piperidine rings is 1. The zero-order valence-electron chi connectivity index (χ0n) is 16.8. The molecular weight excluding hydrogens is 421 g/mol. The number of amides is 1. The van der Waals surface area contributed by atoms with Crippen molar-refractivity contribution in [2.24, 2.45) is 0 Å². The van der Waals surface area contributed by atoms with Crippen LogP contribution in [0.15, 0.2) is 46.5 Å². The van der Waals surface area contributed by atoms with Crippen molar-refractivity contribution in [1.29, 1.82) is 0 Å². The molecule has 1 N–H and O–H groups in total. The van der Waals surface area contributed by atoms with Crippen LogP contribution >= 0.6 is 11.3 Å². The van der Waals surface area contributed by atoms with Gasteiger partial charge in [-0.25, -0.2) is 14.2 Å². The maximum Gasteiger partial charge on any atom is 0.333 e. The normalized spacial score (nSPS) is 14.0. The molecule has 0 atom stereocenters. The predicted molar refractivity (Wildman–Crippen MR) is 119 cm³/mol. The fourth-order valence-corrected chi connectivity index (χ4v) is 4.70. The van der Waals surface area contributed by atoms with Gasteiger partial charge in [0, 0.05) is 25.3 Å². The molecule has 1 aliphatic rings. The number of allylic oxidation sites excluding steroid dienone is 1. The summed E-state index contributed by atoms with van der Waals surface area (Å²) in [5.74, 6) is -1.01. The second-order valence-electron chi connectivity index (χ2n) is 7.33. The summed E-state index contributed by atoms with van der Waals surface area (Å²) in [6, 6.07) is 5.48. The molecule has 0 spiro atoms. The molecule has 3 aromatic rings. The van der Waals surface area contributed by atoms with Crippen LogP contribution in [-0.4, -0.2) is 33.1 Å². The minimum absolute atomic E-state index is 0.0239. The summed E-state index contributed by atoms with van der Waals surface area (Å²) in [7, 11) is 0. The lowest BCUT2D eigenvalue weighted by Crippen LogP contribution is -2.41. The van der Waals surface area contributed by atoms with Crippen molar-refractivity contribution in [3.05, 3.63) is 63.6 Å². The van der Waals surface area contributed by atoms with Crippen LogP contribution in [0.3, 0.4) is 0 Å². The van der Waals surface area contributed by atoms with E-state index in [0.29, 0.717) is 9.83 Å². The van der Waals surface area contributed by atoms with E-state index in [1.807, 2.05) is 0 Å². The molecule has 0 aliphatic carbocycles. The molecule has 3 heterocycles. The SMILES string of the molecule is C=CCn1c(=O)c2sc(N3CCCCC3)nc2n(CC(=O)Nc2cccc(F)c2)c1=O. The number of rotatable bonds is 6. The smallest absolute Gasteiger partial charge is 0.333 e. The van der Waals surface area contributed by atoms with Gasteiger partial charge in [-0.3, -0.25) is 18.7 Å². The fraction of sp³-hybridized carbons (Fsp3) is 0.333. The summed E-state index contributed by atoms with van der Waals surface area (Å²) in [4.78, 5) is 45.2. The largest absolute Gasteiger partial charge is 0.348 e. The highest BCUT2D eigenvalue weighted by Gasteiger charge is 2.22. The Hall–Kier alpha value is -3.27. The van der Waals surface area contributed by atoms with Crippen molar-refractivity contribution in [2.45, 2.75) is 32.4 Å². The van der Waals surface area contributed by atoms with E-state index in [-0.39, 0.29) is 24.4 Å². The van der Waals surface area contributed by atoms with E-state index in [1.165, 1.54) is 40.2 Å². The zero-order valence-corrected chi connectivity index (χ0v) is 17.7. The average Bonchev–Trinajstić information content (AvgIpc) is 3.20. The Morgan fingerprint density at radius 3 is 2.71 bits per heavy atom. The topological polar surface area (TPSA) is 89.2 Å². The third-order valence-corrected chi connectivity index (χ3v) is 6.20. The van der Waals surface area contributed by atoms with Crippen LogP contribution < -0.4 is 21.5 Å². The van der Waals surface area contributed by atoms with Gasteiger partial charge < -0.3 is 10.2 Å². The Kier molecular flexibility index (Phi) is 5.99. The molecule has 1 aliphatic heterocycles. The monoisotopic (exact) mass is 443 g/mol. The van der Waals surface area contributed by atoms with Crippen molar-refractivity contribution < 1.29 is 9.18 Å². The van der Waals surface area contributed by atoms with Crippen LogP contribution in [0, 0.1) is 5.82 Å². The number of nitrogens with zero attached hydrogens (tertiary/aromatic N) is 4. The van der Waals surface area contributed by atoms with Gasteiger partial charge in [-0.2, -0.15) is 0 Å². The Balaban J connectivity index is 1.75. The van der Waals surface area contributed by atoms with E-state index >= 15 is 0 Å². The Labute approximate surface area is 181 Å². The highest BCUT2D eigenvalue weighted by Crippen LogP contribution is 2.28. The Morgan fingerprint density at radius 1 is 1.23 bits per heavy atom. The summed E-state index contributed by atoms with van der Waals surface area (Å²) in [6.45, 7) is 4.95. The Bertz CT molecular complexity index is 1260. The highest BCUT2D eigenvalue weighted by molar-refractivity contribution is 7.22. The van der Waals surface area contributed by atoms with Crippen molar-refractivity contribution >= 4 is 38.4 Å². The molecule has 10 heteroatoms. The van der Waals surface area contributed by atoms with E-state index in [4.69, 9.17) is 0 Å². The van der Waals surface area contributed by atoms with E-state index in [1.54, 1.807) is 6.07 Å². The maximum absolute atomic E-state index is 13.4. The molecule has 8 nitrogen and oxygen atoms in total. The molecular formula is C21H22FN5O3S. The molecule has 1 amide bonds. The molecule has 162 valence electrons. The Morgan fingerprint density at radius 2 is 2.00 bits per heavy atom. The molecule has 2 aromatic heterocycles. The average molecular weight is 444 g/mol. The summed E-state index contributed by atoms with van der Waals surface area (Å²) in [5.41, 5.74) is -0.610. The first-order valence-electron chi connectivity index (χ1n) is 10.0. The van der Waals surface area contributed by atoms with Crippen LogP contribution in [0.2, 0.25) is 0 Å². The van der Waals surface area contributed by atoms with Crippen LogP contribution in [0.1, 0.15) is 19.3 Å². The van der Waals surface area contributed by atoms with E-state index in [9.17, 15) is 18.8 Å². The van der Waals surface area contributed by atoms with Gasteiger partial charge in [-0.15, -0.1) is 6.58 Å². The van der Waals surface area contributed by atoms with E-state index < -0.39 is 23.0 Å². The molecule has 31 heavy (non-hydrogen) atoms. The molecule has 0 bridgehead atoms. The van der Waals surface area contributed by atoms with Gasteiger partial charge in [0.05, 0.1) is 0 Å². The first-order valence-corrected chi connectivity index (χ1v) is 10.8. The number of carbonyl (C=O) groups excluding carboxylic acids is 1. The molecule has 1 saturated heterocycles. The summed E-state index contributed by atoms with van der Waals surface area (Å²) in [5, 5.41) is 3.25. The summed E-state index contributed by atoms with van der Waals surface area (Å²) >= 11 is 1.23. The van der Waals surface area contributed by atoms with Gasteiger partial charge in [0.1, 0.15) is 17.1 Å². The molecule has 0 radical (unpaired) electrons. The van der Waals surface area contributed by atoms with Crippen molar-refractivity contribution in [2.75, 3.05) is 23.3 Å². The number of halogens is 1. The van der Waals surface area contributed by atoms with Gasteiger partial charge in [0.15, 0.2) is 10.8 Å². The van der Waals surface area contributed by atoms with Crippen LogP contribution in [0.25, 0.3) is 10.3 Å². The van der Waals surface area contributed by atoms with Crippen molar-refractivity contribution in [1.82, 2.24) is 14.1 Å².